The minimum Gasteiger partial charge on any atom is -0.309 e. The molecular weight excluding hydrogens is 398 g/mol. The second-order valence-electron chi connectivity index (χ2n) is 5.33. The number of benzene rings is 2. The van der Waals surface area contributed by atoms with Crippen LogP contribution in [0.25, 0.3) is 11.0 Å². The van der Waals surface area contributed by atoms with Crippen LogP contribution in [0.5, 0.6) is 0 Å². The van der Waals surface area contributed by atoms with E-state index in [1.165, 1.54) is 10.6 Å². The zero-order valence-electron chi connectivity index (χ0n) is 13.7. The topological polar surface area (TPSA) is 76.0 Å². The normalized spacial score (nSPS) is 11.0. The summed E-state index contributed by atoms with van der Waals surface area (Å²) < 4.78 is 26.9. The molecule has 0 fully saturated rings. The molecule has 0 spiro atoms. The number of nitrogens with one attached hydrogen (secondary N) is 2. The molecule has 1 aromatic heterocycles. The van der Waals surface area contributed by atoms with E-state index in [0.29, 0.717) is 11.0 Å². The first-order chi connectivity index (χ1) is 13.0. The Labute approximate surface area is 161 Å². The molecule has 0 unspecified atom stereocenters. The standard InChI is InChI=1S/C17H13ClF2N4O2S/c18-11-6-2-1-5-10(11)15(26)23-22-14(25)9-24-13-8-4-3-7-12(13)21-17(24)27-16(19)20/h1-8,16H,9H2,(H,22,25)(H,23,26). The summed E-state index contributed by atoms with van der Waals surface area (Å²) in [5.74, 6) is -3.87. The summed E-state index contributed by atoms with van der Waals surface area (Å²) in [4.78, 5) is 28.4. The van der Waals surface area contributed by atoms with Gasteiger partial charge in [-0.15, -0.1) is 0 Å². The number of nitrogens with zero attached hydrogens (tertiary/aromatic N) is 2. The fourth-order valence-electron chi connectivity index (χ4n) is 2.40. The van der Waals surface area contributed by atoms with Crippen LogP contribution >= 0.6 is 23.4 Å². The van der Waals surface area contributed by atoms with Crippen molar-refractivity contribution in [1.29, 1.82) is 0 Å². The Morgan fingerprint density at radius 1 is 1.11 bits per heavy atom. The zero-order chi connectivity index (χ0) is 19.4. The Kier molecular flexibility index (Phi) is 5.92. The molecule has 0 saturated heterocycles. The predicted octanol–water partition coefficient (Wildman–Crippen LogP) is 3.47. The van der Waals surface area contributed by atoms with Crippen molar-refractivity contribution in [2.24, 2.45) is 0 Å². The van der Waals surface area contributed by atoms with Crippen LogP contribution in [0.15, 0.2) is 53.7 Å². The minimum atomic E-state index is -2.68. The van der Waals surface area contributed by atoms with Crippen LogP contribution in [0, 0.1) is 0 Å². The lowest BCUT2D eigenvalue weighted by Gasteiger charge is -2.11. The van der Waals surface area contributed by atoms with Gasteiger partial charge in [-0.25, -0.2) is 4.98 Å². The van der Waals surface area contributed by atoms with Gasteiger partial charge in [-0.3, -0.25) is 20.4 Å². The Morgan fingerprint density at radius 3 is 2.56 bits per heavy atom. The van der Waals surface area contributed by atoms with Crippen molar-refractivity contribution >= 4 is 46.2 Å². The van der Waals surface area contributed by atoms with Gasteiger partial charge in [0.25, 0.3) is 17.6 Å². The number of fused-ring (bicyclic) bond motifs is 1. The second kappa shape index (κ2) is 8.36. The largest absolute Gasteiger partial charge is 0.309 e. The van der Waals surface area contributed by atoms with Crippen LogP contribution in [0.3, 0.4) is 0 Å². The van der Waals surface area contributed by atoms with E-state index in [0.717, 1.165) is 0 Å². The summed E-state index contributed by atoms with van der Waals surface area (Å²) in [6.07, 6.45) is 0. The summed E-state index contributed by atoms with van der Waals surface area (Å²) in [6.45, 7) is -0.293. The molecule has 0 aliphatic carbocycles. The number of rotatable bonds is 5. The molecule has 10 heteroatoms. The molecule has 2 amide bonds. The molecular formula is C17H13ClF2N4O2S. The summed E-state index contributed by atoms with van der Waals surface area (Å²) in [5.41, 5.74) is 5.72. The molecule has 2 N–H and O–H groups in total. The number of alkyl halides is 2. The van der Waals surface area contributed by atoms with Crippen LogP contribution in [-0.4, -0.2) is 27.1 Å². The van der Waals surface area contributed by atoms with Gasteiger partial charge in [-0.05, 0) is 36.0 Å². The number of thioether (sulfide) groups is 1. The van der Waals surface area contributed by atoms with E-state index in [9.17, 15) is 18.4 Å². The number of carbonyl (C=O) groups excluding carboxylic acids is 2. The first kappa shape index (κ1) is 19.1. The maximum absolute atomic E-state index is 12.8. The number of imidazole rings is 1. The van der Waals surface area contributed by atoms with Gasteiger partial charge < -0.3 is 4.57 Å². The van der Waals surface area contributed by atoms with Gasteiger partial charge in [-0.1, -0.05) is 35.9 Å². The minimum absolute atomic E-state index is 0.0128. The lowest BCUT2D eigenvalue weighted by molar-refractivity contribution is -0.122. The van der Waals surface area contributed by atoms with E-state index in [2.05, 4.69) is 15.8 Å². The van der Waals surface area contributed by atoms with E-state index < -0.39 is 17.6 Å². The Balaban J connectivity index is 1.72. The third kappa shape index (κ3) is 4.55. The smallest absolute Gasteiger partial charge is 0.291 e. The fourth-order valence-corrected chi connectivity index (χ4v) is 3.22. The van der Waals surface area contributed by atoms with Crippen LogP contribution in [0.1, 0.15) is 10.4 Å². The van der Waals surface area contributed by atoms with Gasteiger partial charge in [-0.2, -0.15) is 8.78 Å². The number of carbonyl (C=O) groups is 2. The van der Waals surface area contributed by atoms with Crippen molar-refractivity contribution < 1.29 is 18.4 Å². The maximum Gasteiger partial charge on any atom is 0.291 e. The Morgan fingerprint density at radius 2 is 1.81 bits per heavy atom. The highest BCUT2D eigenvalue weighted by Crippen LogP contribution is 2.28. The summed E-state index contributed by atoms with van der Waals surface area (Å²) in [5, 5.41) is 0.249. The molecule has 140 valence electrons. The van der Waals surface area contributed by atoms with E-state index in [1.807, 2.05) is 0 Å². The van der Waals surface area contributed by atoms with E-state index in [-0.39, 0.29) is 34.0 Å². The van der Waals surface area contributed by atoms with Gasteiger partial charge >= 0.3 is 0 Å². The molecule has 1 heterocycles. The molecule has 27 heavy (non-hydrogen) atoms. The van der Waals surface area contributed by atoms with Gasteiger partial charge in [0.15, 0.2) is 5.16 Å². The van der Waals surface area contributed by atoms with Gasteiger partial charge in [0.05, 0.1) is 21.6 Å². The summed E-state index contributed by atoms with van der Waals surface area (Å²) in [6, 6.07) is 13.1. The van der Waals surface area contributed by atoms with E-state index in [1.54, 1.807) is 42.5 Å². The molecule has 3 rings (SSSR count). The molecule has 3 aromatic rings. The molecule has 0 radical (unpaired) electrons. The summed E-state index contributed by atoms with van der Waals surface area (Å²) in [7, 11) is 0. The average Bonchev–Trinajstić information content (AvgIpc) is 2.96. The number of hydrazine groups is 1. The molecule has 2 aromatic carbocycles. The monoisotopic (exact) mass is 410 g/mol. The lowest BCUT2D eigenvalue weighted by atomic mass is 10.2. The maximum atomic E-state index is 12.8. The lowest BCUT2D eigenvalue weighted by Crippen LogP contribution is -2.43. The highest BCUT2D eigenvalue weighted by Gasteiger charge is 2.18. The van der Waals surface area contributed by atoms with Crippen LogP contribution in [-0.2, 0) is 11.3 Å². The first-order valence-corrected chi connectivity index (χ1v) is 8.95. The highest BCUT2D eigenvalue weighted by atomic mass is 35.5. The number of para-hydroxylation sites is 2. The highest BCUT2D eigenvalue weighted by molar-refractivity contribution is 7.99. The van der Waals surface area contributed by atoms with Crippen LogP contribution in [0.2, 0.25) is 5.02 Å². The second-order valence-corrected chi connectivity index (χ2v) is 6.69. The SMILES string of the molecule is O=C(Cn1c(SC(F)F)nc2ccccc21)NNC(=O)c1ccccc1Cl. The first-order valence-electron chi connectivity index (χ1n) is 7.69. The molecule has 6 nitrogen and oxygen atoms in total. The van der Waals surface area contributed by atoms with Crippen molar-refractivity contribution in [3.63, 3.8) is 0 Å². The van der Waals surface area contributed by atoms with Crippen molar-refractivity contribution in [1.82, 2.24) is 20.4 Å². The molecule has 0 bridgehead atoms. The van der Waals surface area contributed by atoms with Crippen molar-refractivity contribution in [2.45, 2.75) is 17.5 Å². The van der Waals surface area contributed by atoms with E-state index in [4.69, 9.17) is 11.6 Å². The number of hydrogen-bond donors (Lipinski definition) is 2. The quantitative estimate of drug-likeness (QED) is 0.499. The number of halogens is 3. The zero-order valence-corrected chi connectivity index (χ0v) is 15.2. The number of amides is 2. The number of aromatic nitrogens is 2. The van der Waals surface area contributed by atoms with E-state index >= 15 is 0 Å². The average molecular weight is 411 g/mol. The molecule has 0 saturated carbocycles. The molecule has 0 atom stereocenters. The van der Waals surface area contributed by atoms with Gasteiger partial charge in [0.2, 0.25) is 0 Å². The molecule has 0 aliphatic rings. The van der Waals surface area contributed by atoms with Crippen molar-refractivity contribution in [3.05, 3.63) is 59.1 Å². The summed E-state index contributed by atoms with van der Waals surface area (Å²) >= 11 is 6.17. The Bertz CT molecular complexity index is 996. The van der Waals surface area contributed by atoms with Gasteiger partial charge in [0, 0.05) is 0 Å². The van der Waals surface area contributed by atoms with Crippen molar-refractivity contribution in [3.8, 4) is 0 Å². The van der Waals surface area contributed by atoms with Gasteiger partial charge in [0.1, 0.15) is 6.54 Å². The fraction of sp³-hybridized carbons (Fsp3) is 0.118. The number of hydrogen-bond acceptors (Lipinski definition) is 4. The molecule has 0 aliphatic heterocycles. The predicted molar refractivity (Wildman–Crippen MR) is 98.7 cm³/mol. The third-order valence-corrected chi connectivity index (χ3v) is 4.58. The third-order valence-electron chi connectivity index (χ3n) is 3.55. The van der Waals surface area contributed by atoms with Crippen LogP contribution < -0.4 is 10.9 Å². The van der Waals surface area contributed by atoms with Crippen LogP contribution in [0.4, 0.5) is 8.78 Å². The van der Waals surface area contributed by atoms with Crippen molar-refractivity contribution in [2.75, 3.05) is 0 Å². The Hall–Kier alpha value is -2.65.